The van der Waals surface area contributed by atoms with Gasteiger partial charge in [-0.05, 0) is 24.1 Å². The van der Waals surface area contributed by atoms with Crippen LogP contribution in [0.1, 0.15) is 22.3 Å². The Morgan fingerprint density at radius 3 is 2.67 bits per heavy atom. The van der Waals surface area contributed by atoms with Crippen molar-refractivity contribution >= 4 is 5.97 Å². The van der Waals surface area contributed by atoms with Gasteiger partial charge in [-0.1, -0.05) is 18.2 Å². The van der Waals surface area contributed by atoms with E-state index in [9.17, 15) is 4.79 Å². The molecule has 4 nitrogen and oxygen atoms in total. The second kappa shape index (κ2) is 8.44. The normalized spacial score (nSPS) is 10.2. The summed E-state index contributed by atoms with van der Waals surface area (Å²) in [6.07, 6.45) is 2.70. The molecule has 1 aromatic carbocycles. The highest BCUT2D eigenvalue weighted by Gasteiger charge is 2.01. The molecule has 1 rings (SSSR count). The van der Waals surface area contributed by atoms with E-state index in [0.717, 1.165) is 18.5 Å². The molecule has 0 aliphatic heterocycles. The molecule has 18 heavy (non-hydrogen) atoms. The number of carboxylic acid groups (broad SMARTS) is 1. The van der Waals surface area contributed by atoms with E-state index in [2.05, 4.69) is 11.9 Å². The summed E-state index contributed by atoms with van der Waals surface area (Å²) in [5.74, 6) is -0.898. The van der Waals surface area contributed by atoms with Crippen LogP contribution < -0.4 is 5.32 Å². The number of aromatic carboxylic acids is 1. The highest BCUT2D eigenvalue weighted by Crippen LogP contribution is 2.03. The van der Waals surface area contributed by atoms with Crippen LogP contribution in [0, 0.1) is 0 Å². The lowest BCUT2D eigenvalue weighted by molar-refractivity contribution is 0.0697. The first-order valence-corrected chi connectivity index (χ1v) is 5.95. The molecule has 0 spiro atoms. The number of hydrogen-bond acceptors (Lipinski definition) is 3. The van der Waals surface area contributed by atoms with Gasteiger partial charge < -0.3 is 15.2 Å². The number of carbonyl (C=O) groups is 1. The average molecular weight is 249 g/mol. The predicted molar refractivity (Wildman–Crippen MR) is 70.7 cm³/mol. The Bertz CT molecular complexity index is 373. The standard InChI is InChI=1S/C14H19NO3/c1-2-3-9-18-10-8-15-11-12-4-6-13(7-5-12)14(16)17/h2,4-7,15H,1,3,8-11H2,(H,16,17). The van der Waals surface area contributed by atoms with Crippen LogP contribution in [-0.4, -0.2) is 30.8 Å². The van der Waals surface area contributed by atoms with Crippen LogP contribution in [-0.2, 0) is 11.3 Å². The Hall–Kier alpha value is -1.65. The molecule has 0 aliphatic rings. The zero-order valence-corrected chi connectivity index (χ0v) is 10.4. The summed E-state index contributed by atoms with van der Waals surface area (Å²) in [7, 11) is 0. The van der Waals surface area contributed by atoms with E-state index in [1.54, 1.807) is 12.1 Å². The van der Waals surface area contributed by atoms with Crippen molar-refractivity contribution in [3.63, 3.8) is 0 Å². The fourth-order valence-electron chi connectivity index (χ4n) is 1.41. The van der Waals surface area contributed by atoms with Gasteiger partial charge in [-0.25, -0.2) is 4.79 Å². The molecule has 1 aromatic rings. The molecule has 0 heterocycles. The molecule has 2 N–H and O–H groups in total. The minimum absolute atomic E-state index is 0.312. The molecule has 0 bridgehead atoms. The number of benzene rings is 1. The second-order valence-electron chi connectivity index (χ2n) is 3.87. The highest BCUT2D eigenvalue weighted by molar-refractivity contribution is 5.87. The largest absolute Gasteiger partial charge is 0.478 e. The van der Waals surface area contributed by atoms with E-state index in [1.165, 1.54) is 0 Å². The van der Waals surface area contributed by atoms with Gasteiger partial charge >= 0.3 is 5.97 Å². The molecular weight excluding hydrogens is 230 g/mol. The van der Waals surface area contributed by atoms with Crippen molar-refractivity contribution in [1.82, 2.24) is 5.32 Å². The number of carboxylic acids is 1. The third kappa shape index (κ3) is 5.61. The van der Waals surface area contributed by atoms with Crippen LogP contribution in [0.15, 0.2) is 36.9 Å². The highest BCUT2D eigenvalue weighted by atomic mass is 16.5. The fourth-order valence-corrected chi connectivity index (χ4v) is 1.41. The van der Waals surface area contributed by atoms with Gasteiger partial charge in [-0.2, -0.15) is 0 Å². The zero-order chi connectivity index (χ0) is 13.2. The fraction of sp³-hybridized carbons (Fsp3) is 0.357. The van der Waals surface area contributed by atoms with Gasteiger partial charge in [0.05, 0.1) is 18.8 Å². The Labute approximate surface area is 107 Å². The molecule has 4 heteroatoms. The van der Waals surface area contributed by atoms with Gasteiger partial charge in [-0.3, -0.25) is 0 Å². The predicted octanol–water partition coefficient (Wildman–Crippen LogP) is 2.07. The summed E-state index contributed by atoms with van der Waals surface area (Å²) in [5, 5.41) is 12.0. The lowest BCUT2D eigenvalue weighted by Crippen LogP contribution is -2.19. The number of rotatable bonds is 9. The van der Waals surface area contributed by atoms with Crippen LogP contribution in [0.4, 0.5) is 0 Å². The summed E-state index contributed by atoms with van der Waals surface area (Å²) >= 11 is 0. The van der Waals surface area contributed by atoms with Crippen molar-refractivity contribution in [3.05, 3.63) is 48.0 Å². The molecule has 0 saturated carbocycles. The monoisotopic (exact) mass is 249 g/mol. The molecule has 0 unspecified atom stereocenters. The van der Waals surface area contributed by atoms with Crippen molar-refractivity contribution in [3.8, 4) is 0 Å². The van der Waals surface area contributed by atoms with E-state index in [1.807, 2.05) is 18.2 Å². The molecule has 0 radical (unpaired) electrons. The van der Waals surface area contributed by atoms with Crippen LogP contribution >= 0.6 is 0 Å². The maximum Gasteiger partial charge on any atom is 0.335 e. The van der Waals surface area contributed by atoms with Crippen molar-refractivity contribution in [1.29, 1.82) is 0 Å². The minimum Gasteiger partial charge on any atom is -0.478 e. The van der Waals surface area contributed by atoms with Gasteiger partial charge in [0.1, 0.15) is 0 Å². The molecule has 0 fully saturated rings. The Balaban J connectivity index is 2.15. The lowest BCUT2D eigenvalue weighted by Gasteiger charge is -2.06. The van der Waals surface area contributed by atoms with Crippen molar-refractivity contribution < 1.29 is 14.6 Å². The average Bonchev–Trinajstić information content (AvgIpc) is 2.38. The molecule has 0 atom stereocenters. The first-order valence-electron chi connectivity index (χ1n) is 5.95. The summed E-state index contributed by atoms with van der Waals surface area (Å²) < 4.78 is 5.35. The van der Waals surface area contributed by atoms with Crippen LogP contribution in [0.25, 0.3) is 0 Å². The summed E-state index contributed by atoms with van der Waals surface area (Å²) in [4.78, 5) is 10.7. The molecule has 0 aromatic heterocycles. The Morgan fingerprint density at radius 1 is 1.33 bits per heavy atom. The van der Waals surface area contributed by atoms with Gasteiger partial charge in [0, 0.05) is 13.1 Å². The summed E-state index contributed by atoms with van der Waals surface area (Å²) in [6.45, 7) is 6.48. The quantitative estimate of drug-likeness (QED) is 0.519. The van der Waals surface area contributed by atoms with E-state index in [-0.39, 0.29) is 0 Å². The molecule has 0 amide bonds. The molecular formula is C14H19NO3. The van der Waals surface area contributed by atoms with E-state index in [0.29, 0.717) is 25.3 Å². The second-order valence-corrected chi connectivity index (χ2v) is 3.87. The Kier molecular flexibility index (Phi) is 6.76. The van der Waals surface area contributed by atoms with Gasteiger partial charge in [-0.15, -0.1) is 6.58 Å². The first kappa shape index (κ1) is 14.4. The third-order valence-corrected chi connectivity index (χ3v) is 2.42. The third-order valence-electron chi connectivity index (χ3n) is 2.42. The molecule has 98 valence electrons. The van der Waals surface area contributed by atoms with E-state index < -0.39 is 5.97 Å². The topological polar surface area (TPSA) is 58.6 Å². The van der Waals surface area contributed by atoms with Gasteiger partial charge in [0.25, 0.3) is 0 Å². The zero-order valence-electron chi connectivity index (χ0n) is 10.4. The van der Waals surface area contributed by atoms with E-state index >= 15 is 0 Å². The number of nitrogens with one attached hydrogen (secondary N) is 1. The molecule has 0 saturated heterocycles. The van der Waals surface area contributed by atoms with Gasteiger partial charge in [0.15, 0.2) is 0 Å². The lowest BCUT2D eigenvalue weighted by atomic mass is 10.1. The maximum absolute atomic E-state index is 10.7. The number of ether oxygens (including phenoxy) is 1. The van der Waals surface area contributed by atoms with Crippen LogP contribution in [0.5, 0.6) is 0 Å². The van der Waals surface area contributed by atoms with Crippen molar-refractivity contribution in [2.24, 2.45) is 0 Å². The smallest absolute Gasteiger partial charge is 0.335 e. The summed E-state index contributed by atoms with van der Waals surface area (Å²) in [5.41, 5.74) is 1.37. The van der Waals surface area contributed by atoms with Crippen LogP contribution in [0.3, 0.4) is 0 Å². The van der Waals surface area contributed by atoms with Crippen molar-refractivity contribution in [2.45, 2.75) is 13.0 Å². The Morgan fingerprint density at radius 2 is 2.06 bits per heavy atom. The van der Waals surface area contributed by atoms with Gasteiger partial charge in [0.2, 0.25) is 0 Å². The van der Waals surface area contributed by atoms with Crippen molar-refractivity contribution in [2.75, 3.05) is 19.8 Å². The van der Waals surface area contributed by atoms with Crippen LogP contribution in [0.2, 0.25) is 0 Å². The van der Waals surface area contributed by atoms with E-state index in [4.69, 9.17) is 9.84 Å². The molecule has 0 aliphatic carbocycles. The minimum atomic E-state index is -0.898. The first-order chi connectivity index (χ1) is 8.74. The SMILES string of the molecule is C=CCCOCCNCc1ccc(C(=O)O)cc1. The summed E-state index contributed by atoms with van der Waals surface area (Å²) in [6, 6.07) is 6.85. The maximum atomic E-state index is 10.7. The number of hydrogen-bond donors (Lipinski definition) is 2.